The fraction of sp³-hybridized carbons (Fsp3) is 0.300. The van der Waals surface area contributed by atoms with Crippen LogP contribution in [0, 0.1) is 6.92 Å². The topological polar surface area (TPSA) is 55.1 Å². The fourth-order valence-corrected chi connectivity index (χ4v) is 1.16. The summed E-state index contributed by atoms with van der Waals surface area (Å²) in [6.07, 6.45) is -4.06. The third-order valence-corrected chi connectivity index (χ3v) is 2.12. The maximum absolute atomic E-state index is 12.7. The highest BCUT2D eigenvalue weighted by Crippen LogP contribution is 2.28. The number of para-hydroxylation sites is 1. The molecule has 0 aliphatic rings. The lowest BCUT2D eigenvalue weighted by Crippen LogP contribution is -2.41. The van der Waals surface area contributed by atoms with Crippen LogP contribution in [0.5, 0.6) is 0 Å². The molecule has 0 unspecified atom stereocenters. The van der Waals surface area contributed by atoms with E-state index >= 15 is 0 Å². The standard InChI is InChI=1S/C10H10F4N2O/c1-5-3-2-4-6(15)7(5)16-9(17)10(13,14)8(11)12/h2-4,8H,15H2,1H3,(H,16,17). The molecule has 1 amide bonds. The van der Waals surface area contributed by atoms with E-state index in [0.29, 0.717) is 5.56 Å². The number of rotatable bonds is 3. The number of hydrogen-bond acceptors (Lipinski definition) is 2. The van der Waals surface area contributed by atoms with E-state index in [1.54, 1.807) is 11.4 Å². The number of nitrogen functional groups attached to an aromatic ring is 1. The Kier molecular flexibility index (Phi) is 3.59. The fourth-order valence-electron chi connectivity index (χ4n) is 1.16. The van der Waals surface area contributed by atoms with Crippen LogP contribution in [0.4, 0.5) is 28.9 Å². The molecule has 3 N–H and O–H groups in total. The number of hydrogen-bond donors (Lipinski definition) is 2. The van der Waals surface area contributed by atoms with Crippen molar-refractivity contribution in [2.45, 2.75) is 19.3 Å². The van der Waals surface area contributed by atoms with Gasteiger partial charge in [0.25, 0.3) is 0 Å². The summed E-state index contributed by atoms with van der Waals surface area (Å²) in [6.45, 7) is 1.51. The zero-order chi connectivity index (χ0) is 13.2. The average molecular weight is 250 g/mol. The van der Waals surface area contributed by atoms with Crippen molar-refractivity contribution in [3.05, 3.63) is 23.8 Å². The third kappa shape index (κ3) is 2.66. The molecule has 0 bridgehead atoms. The van der Waals surface area contributed by atoms with E-state index < -0.39 is 18.3 Å². The number of halogens is 4. The lowest BCUT2D eigenvalue weighted by molar-refractivity contribution is -0.163. The SMILES string of the molecule is Cc1cccc(N)c1NC(=O)C(F)(F)C(F)F. The van der Waals surface area contributed by atoms with Crippen LogP contribution in [0.3, 0.4) is 0 Å². The van der Waals surface area contributed by atoms with E-state index in [4.69, 9.17) is 5.73 Å². The molecule has 0 saturated heterocycles. The van der Waals surface area contributed by atoms with Gasteiger partial charge in [-0.3, -0.25) is 4.79 Å². The average Bonchev–Trinajstić information content (AvgIpc) is 2.23. The molecule has 7 heteroatoms. The normalized spacial score (nSPS) is 11.6. The summed E-state index contributed by atoms with van der Waals surface area (Å²) in [6, 6.07) is 4.42. The van der Waals surface area contributed by atoms with Crippen molar-refractivity contribution in [3.63, 3.8) is 0 Å². The van der Waals surface area contributed by atoms with E-state index in [1.807, 2.05) is 0 Å². The molecular formula is C10H10F4N2O. The van der Waals surface area contributed by atoms with Gasteiger partial charge < -0.3 is 11.1 Å². The third-order valence-electron chi connectivity index (χ3n) is 2.12. The Hall–Kier alpha value is -1.79. The summed E-state index contributed by atoms with van der Waals surface area (Å²) in [5.74, 6) is -6.82. The van der Waals surface area contributed by atoms with Crippen LogP contribution < -0.4 is 11.1 Å². The largest absolute Gasteiger partial charge is 0.397 e. The quantitative estimate of drug-likeness (QED) is 0.639. The van der Waals surface area contributed by atoms with Crippen molar-refractivity contribution in [3.8, 4) is 0 Å². The Morgan fingerprint density at radius 1 is 1.41 bits per heavy atom. The van der Waals surface area contributed by atoms with Crippen molar-refractivity contribution in [1.82, 2.24) is 0 Å². The smallest absolute Gasteiger partial charge is 0.383 e. The molecule has 0 saturated carbocycles. The highest BCUT2D eigenvalue weighted by Gasteiger charge is 2.49. The molecule has 0 atom stereocenters. The molecule has 0 aromatic heterocycles. The van der Waals surface area contributed by atoms with E-state index in [2.05, 4.69) is 0 Å². The highest BCUT2D eigenvalue weighted by molar-refractivity contribution is 5.99. The number of benzene rings is 1. The lowest BCUT2D eigenvalue weighted by Gasteiger charge is -2.17. The number of aryl methyl sites for hydroxylation is 1. The Morgan fingerprint density at radius 3 is 2.47 bits per heavy atom. The number of amides is 1. The first kappa shape index (κ1) is 13.3. The van der Waals surface area contributed by atoms with Crippen molar-refractivity contribution in [2.75, 3.05) is 11.1 Å². The van der Waals surface area contributed by atoms with Crippen molar-refractivity contribution < 1.29 is 22.4 Å². The predicted molar refractivity (Wildman–Crippen MR) is 55.2 cm³/mol. The first-order chi connectivity index (χ1) is 7.76. The van der Waals surface area contributed by atoms with Gasteiger partial charge >= 0.3 is 18.3 Å². The Balaban J connectivity index is 2.96. The molecule has 0 heterocycles. The molecular weight excluding hydrogens is 240 g/mol. The molecule has 0 radical (unpaired) electrons. The molecule has 0 spiro atoms. The van der Waals surface area contributed by atoms with Gasteiger partial charge in [0.15, 0.2) is 0 Å². The molecule has 3 nitrogen and oxygen atoms in total. The Labute approximate surface area is 94.6 Å². The first-order valence-electron chi connectivity index (χ1n) is 4.59. The summed E-state index contributed by atoms with van der Waals surface area (Å²) in [5, 5.41) is 1.71. The highest BCUT2D eigenvalue weighted by atomic mass is 19.3. The monoisotopic (exact) mass is 250 g/mol. The zero-order valence-corrected chi connectivity index (χ0v) is 8.81. The van der Waals surface area contributed by atoms with E-state index in [9.17, 15) is 22.4 Å². The molecule has 17 heavy (non-hydrogen) atoms. The molecule has 0 aliphatic carbocycles. The Morgan fingerprint density at radius 2 is 2.00 bits per heavy atom. The lowest BCUT2D eigenvalue weighted by atomic mass is 10.1. The maximum atomic E-state index is 12.7. The predicted octanol–water partition coefficient (Wildman–Crippen LogP) is 2.42. The van der Waals surface area contributed by atoms with Crippen LogP contribution in [0.2, 0.25) is 0 Å². The summed E-state index contributed by atoms with van der Waals surface area (Å²) in [7, 11) is 0. The van der Waals surface area contributed by atoms with E-state index in [1.165, 1.54) is 19.1 Å². The van der Waals surface area contributed by atoms with Gasteiger partial charge in [-0.05, 0) is 18.6 Å². The van der Waals surface area contributed by atoms with Crippen molar-refractivity contribution in [1.29, 1.82) is 0 Å². The molecule has 1 aromatic rings. The van der Waals surface area contributed by atoms with Gasteiger partial charge in [0, 0.05) is 0 Å². The van der Waals surface area contributed by atoms with Crippen LogP contribution in [-0.2, 0) is 4.79 Å². The van der Waals surface area contributed by atoms with Gasteiger partial charge in [-0.1, -0.05) is 12.1 Å². The van der Waals surface area contributed by atoms with Gasteiger partial charge in [-0.15, -0.1) is 0 Å². The molecule has 1 rings (SSSR count). The first-order valence-corrected chi connectivity index (χ1v) is 4.59. The van der Waals surface area contributed by atoms with Gasteiger partial charge in [0.1, 0.15) is 0 Å². The molecule has 0 fully saturated rings. The van der Waals surface area contributed by atoms with Gasteiger partial charge in [0.2, 0.25) is 0 Å². The summed E-state index contributed by atoms with van der Waals surface area (Å²) < 4.78 is 49.2. The number of nitrogens with two attached hydrogens (primary N) is 1. The van der Waals surface area contributed by atoms with Gasteiger partial charge in [-0.2, -0.15) is 8.78 Å². The number of anilines is 2. The number of carbonyl (C=O) groups excluding carboxylic acids is 1. The van der Waals surface area contributed by atoms with E-state index in [0.717, 1.165) is 0 Å². The van der Waals surface area contributed by atoms with E-state index in [-0.39, 0.29) is 11.4 Å². The summed E-state index contributed by atoms with van der Waals surface area (Å²) in [5.41, 5.74) is 5.79. The maximum Gasteiger partial charge on any atom is 0.383 e. The summed E-state index contributed by atoms with van der Waals surface area (Å²) in [4.78, 5) is 11.0. The zero-order valence-electron chi connectivity index (χ0n) is 8.81. The second kappa shape index (κ2) is 4.60. The van der Waals surface area contributed by atoms with Crippen LogP contribution in [0.1, 0.15) is 5.56 Å². The molecule has 94 valence electrons. The van der Waals surface area contributed by atoms with Gasteiger partial charge in [-0.25, -0.2) is 8.78 Å². The van der Waals surface area contributed by atoms with Crippen LogP contribution in [0.25, 0.3) is 0 Å². The second-order valence-electron chi connectivity index (χ2n) is 3.42. The van der Waals surface area contributed by atoms with Crippen molar-refractivity contribution in [2.24, 2.45) is 0 Å². The number of alkyl halides is 4. The minimum absolute atomic E-state index is 0.0309. The van der Waals surface area contributed by atoms with Crippen LogP contribution in [0.15, 0.2) is 18.2 Å². The van der Waals surface area contributed by atoms with Gasteiger partial charge in [0.05, 0.1) is 11.4 Å². The van der Waals surface area contributed by atoms with Crippen molar-refractivity contribution >= 4 is 17.3 Å². The Bertz CT molecular complexity index is 414. The van der Waals surface area contributed by atoms with Crippen LogP contribution in [-0.4, -0.2) is 18.3 Å². The number of carbonyl (C=O) groups is 1. The summed E-state index contributed by atoms with van der Waals surface area (Å²) >= 11 is 0. The minimum Gasteiger partial charge on any atom is -0.397 e. The van der Waals surface area contributed by atoms with Crippen LogP contribution >= 0.6 is 0 Å². The second-order valence-corrected chi connectivity index (χ2v) is 3.42. The number of nitrogens with one attached hydrogen (secondary N) is 1. The molecule has 1 aromatic carbocycles. The molecule has 0 aliphatic heterocycles. The minimum atomic E-state index is -4.74.